The molecule has 0 radical (unpaired) electrons. The summed E-state index contributed by atoms with van der Waals surface area (Å²) in [6.07, 6.45) is 4.38. The molecule has 31 heavy (non-hydrogen) atoms. The first kappa shape index (κ1) is 21.1. The van der Waals surface area contributed by atoms with Crippen LogP contribution in [0.2, 0.25) is 0 Å². The number of ketones is 1. The fourth-order valence-electron chi connectivity index (χ4n) is 4.16. The quantitative estimate of drug-likeness (QED) is 0.629. The second-order valence-electron chi connectivity index (χ2n) is 8.12. The van der Waals surface area contributed by atoms with E-state index in [1.807, 2.05) is 6.07 Å². The van der Waals surface area contributed by atoms with Gasteiger partial charge in [0.05, 0.1) is 0 Å². The SMILES string of the molecule is CC1CC(N)CN(c2ccncc2CC(=O)c2ccc(F)c(-c3ccccc3F)n2)C1. The second-order valence-corrected chi connectivity index (χ2v) is 8.12. The summed E-state index contributed by atoms with van der Waals surface area (Å²) in [5.41, 5.74) is 7.80. The summed E-state index contributed by atoms with van der Waals surface area (Å²) >= 11 is 0. The lowest BCUT2D eigenvalue weighted by molar-refractivity contribution is 0.0988. The molecule has 3 heterocycles. The first-order valence-electron chi connectivity index (χ1n) is 10.3. The molecule has 0 amide bonds. The Bertz CT molecular complexity index is 1090. The van der Waals surface area contributed by atoms with E-state index >= 15 is 0 Å². The van der Waals surface area contributed by atoms with Gasteiger partial charge in [0, 0.05) is 54.8 Å². The van der Waals surface area contributed by atoms with Gasteiger partial charge in [0.15, 0.2) is 5.78 Å². The summed E-state index contributed by atoms with van der Waals surface area (Å²) in [5.74, 6) is -1.12. The van der Waals surface area contributed by atoms with Crippen LogP contribution in [0.1, 0.15) is 29.4 Å². The van der Waals surface area contributed by atoms with Gasteiger partial charge in [0.2, 0.25) is 0 Å². The summed E-state index contributed by atoms with van der Waals surface area (Å²) in [4.78, 5) is 23.5. The second kappa shape index (κ2) is 8.89. The number of benzene rings is 1. The van der Waals surface area contributed by atoms with Gasteiger partial charge in [0.1, 0.15) is 23.0 Å². The van der Waals surface area contributed by atoms with Crippen LogP contribution >= 0.6 is 0 Å². The van der Waals surface area contributed by atoms with E-state index < -0.39 is 11.6 Å². The molecule has 3 aromatic rings. The maximum Gasteiger partial charge on any atom is 0.185 e. The molecule has 160 valence electrons. The highest BCUT2D eigenvalue weighted by molar-refractivity contribution is 5.97. The normalized spacial score (nSPS) is 18.8. The standard InChI is InChI=1S/C24H24F2N4O/c1-15-10-17(27)14-30(13-15)22-8-9-28-12-16(22)11-23(31)21-7-6-20(26)24(29-21)18-4-2-3-5-19(18)25/h2-9,12,15,17H,10-11,13-14,27H2,1H3. The van der Waals surface area contributed by atoms with Crippen LogP contribution in [-0.4, -0.2) is 34.9 Å². The predicted octanol–water partition coefficient (Wildman–Crippen LogP) is 4.02. The fourth-order valence-corrected chi connectivity index (χ4v) is 4.16. The number of halogens is 2. The average molecular weight is 422 g/mol. The van der Waals surface area contributed by atoms with E-state index in [0.717, 1.165) is 30.3 Å². The number of carbonyl (C=O) groups excluding carboxylic acids is 1. The van der Waals surface area contributed by atoms with E-state index in [1.165, 1.54) is 24.3 Å². The molecule has 2 N–H and O–H groups in total. The number of hydrogen-bond donors (Lipinski definition) is 1. The molecule has 2 atom stereocenters. The van der Waals surface area contributed by atoms with Crippen LogP contribution in [-0.2, 0) is 6.42 Å². The van der Waals surface area contributed by atoms with Crippen molar-refractivity contribution in [2.24, 2.45) is 11.7 Å². The zero-order chi connectivity index (χ0) is 22.0. The zero-order valence-electron chi connectivity index (χ0n) is 17.3. The van der Waals surface area contributed by atoms with Crippen molar-refractivity contribution in [3.8, 4) is 11.3 Å². The van der Waals surface area contributed by atoms with Crippen molar-refractivity contribution in [3.05, 3.63) is 77.8 Å². The van der Waals surface area contributed by atoms with Crippen molar-refractivity contribution in [2.75, 3.05) is 18.0 Å². The van der Waals surface area contributed by atoms with Gasteiger partial charge in [-0.3, -0.25) is 9.78 Å². The van der Waals surface area contributed by atoms with Crippen LogP contribution in [0.5, 0.6) is 0 Å². The Hall–Kier alpha value is -3.19. The Morgan fingerprint density at radius 1 is 1.13 bits per heavy atom. The van der Waals surface area contributed by atoms with Crippen molar-refractivity contribution in [1.82, 2.24) is 9.97 Å². The van der Waals surface area contributed by atoms with E-state index in [0.29, 0.717) is 12.5 Å². The summed E-state index contributed by atoms with van der Waals surface area (Å²) < 4.78 is 28.5. The van der Waals surface area contributed by atoms with Crippen LogP contribution in [0.3, 0.4) is 0 Å². The van der Waals surface area contributed by atoms with Gasteiger partial charge in [-0.15, -0.1) is 0 Å². The van der Waals surface area contributed by atoms with Crippen molar-refractivity contribution < 1.29 is 13.6 Å². The predicted molar refractivity (Wildman–Crippen MR) is 116 cm³/mol. The minimum absolute atomic E-state index is 0.0213. The number of hydrogen-bond acceptors (Lipinski definition) is 5. The lowest BCUT2D eigenvalue weighted by Gasteiger charge is -2.37. The molecular formula is C24H24F2N4O. The van der Waals surface area contributed by atoms with Gasteiger partial charge < -0.3 is 10.6 Å². The van der Waals surface area contributed by atoms with Crippen molar-refractivity contribution >= 4 is 11.5 Å². The third kappa shape index (κ3) is 4.61. The molecule has 1 aliphatic heterocycles. The van der Waals surface area contributed by atoms with E-state index in [1.54, 1.807) is 18.5 Å². The van der Waals surface area contributed by atoms with Crippen LogP contribution in [0.15, 0.2) is 54.9 Å². The van der Waals surface area contributed by atoms with Crippen molar-refractivity contribution in [2.45, 2.75) is 25.8 Å². The number of aromatic nitrogens is 2. The summed E-state index contributed by atoms with van der Waals surface area (Å²) in [6.45, 7) is 3.72. The molecule has 1 aromatic carbocycles. The minimum atomic E-state index is -0.681. The molecule has 7 heteroatoms. The highest BCUT2D eigenvalue weighted by Crippen LogP contribution is 2.27. The molecule has 0 saturated carbocycles. The number of rotatable bonds is 5. The Kier molecular flexibility index (Phi) is 6.04. The summed E-state index contributed by atoms with van der Waals surface area (Å²) in [7, 11) is 0. The molecule has 0 aliphatic carbocycles. The lowest BCUT2D eigenvalue weighted by Crippen LogP contribution is -2.46. The van der Waals surface area contributed by atoms with Gasteiger partial charge >= 0.3 is 0 Å². The van der Waals surface area contributed by atoms with Crippen LogP contribution < -0.4 is 10.6 Å². The molecule has 1 fully saturated rings. The number of pyridine rings is 2. The Morgan fingerprint density at radius 3 is 2.71 bits per heavy atom. The largest absolute Gasteiger partial charge is 0.369 e. The van der Waals surface area contributed by atoms with Crippen molar-refractivity contribution in [1.29, 1.82) is 0 Å². The van der Waals surface area contributed by atoms with E-state index in [2.05, 4.69) is 21.8 Å². The molecular weight excluding hydrogens is 398 g/mol. The summed E-state index contributed by atoms with van der Waals surface area (Å²) in [5, 5.41) is 0. The smallest absolute Gasteiger partial charge is 0.185 e. The van der Waals surface area contributed by atoms with Gasteiger partial charge in [-0.05, 0) is 42.7 Å². The molecule has 5 nitrogen and oxygen atoms in total. The van der Waals surface area contributed by atoms with E-state index in [-0.39, 0.29) is 35.2 Å². The molecule has 1 aliphatic rings. The first-order valence-corrected chi connectivity index (χ1v) is 10.3. The number of nitrogens with zero attached hydrogens (tertiary/aromatic N) is 3. The average Bonchev–Trinajstić information content (AvgIpc) is 2.74. The highest BCUT2D eigenvalue weighted by atomic mass is 19.1. The van der Waals surface area contributed by atoms with Gasteiger partial charge in [-0.25, -0.2) is 13.8 Å². The number of Topliss-reactive ketones (excluding diaryl/α,β-unsaturated/α-hetero) is 1. The first-order chi connectivity index (χ1) is 14.9. The molecule has 2 unspecified atom stereocenters. The topological polar surface area (TPSA) is 72.1 Å². The number of carbonyl (C=O) groups is 1. The number of nitrogens with two attached hydrogens (primary N) is 1. The third-order valence-corrected chi connectivity index (χ3v) is 5.52. The number of anilines is 1. The fraction of sp³-hybridized carbons (Fsp3) is 0.292. The molecule has 2 aromatic heterocycles. The van der Waals surface area contributed by atoms with E-state index in [4.69, 9.17) is 5.73 Å². The molecule has 4 rings (SSSR count). The number of piperidine rings is 1. The Labute approximate surface area is 179 Å². The van der Waals surface area contributed by atoms with Crippen LogP contribution in [0.4, 0.5) is 14.5 Å². The molecule has 0 bridgehead atoms. The van der Waals surface area contributed by atoms with Crippen LogP contribution in [0.25, 0.3) is 11.3 Å². The van der Waals surface area contributed by atoms with Gasteiger partial charge in [-0.2, -0.15) is 0 Å². The van der Waals surface area contributed by atoms with E-state index in [9.17, 15) is 13.6 Å². The van der Waals surface area contributed by atoms with Crippen molar-refractivity contribution in [3.63, 3.8) is 0 Å². The Balaban J connectivity index is 1.61. The Morgan fingerprint density at radius 2 is 1.94 bits per heavy atom. The summed E-state index contributed by atoms with van der Waals surface area (Å²) in [6, 6.07) is 10.2. The van der Waals surface area contributed by atoms with Gasteiger partial charge in [0.25, 0.3) is 0 Å². The maximum atomic E-state index is 14.3. The molecule has 1 saturated heterocycles. The zero-order valence-corrected chi connectivity index (χ0v) is 17.3. The lowest BCUT2D eigenvalue weighted by atomic mass is 9.95. The van der Waals surface area contributed by atoms with Crippen LogP contribution in [0, 0.1) is 17.6 Å². The monoisotopic (exact) mass is 422 g/mol. The maximum absolute atomic E-state index is 14.3. The highest BCUT2D eigenvalue weighted by Gasteiger charge is 2.25. The molecule has 0 spiro atoms. The van der Waals surface area contributed by atoms with Gasteiger partial charge in [-0.1, -0.05) is 19.1 Å². The minimum Gasteiger partial charge on any atom is -0.369 e. The third-order valence-electron chi connectivity index (χ3n) is 5.52.